The van der Waals surface area contributed by atoms with Crippen LogP contribution in [0.1, 0.15) is 43.9 Å². The number of benzene rings is 1. The standard InChI is InChI=1S/C17H25ClN2O2/c1-17(2,16(21)19-3)10-20-12-7-5-6-11-8-9-13(22-4)15(18)14(11)12/h8-9,12,20H,5-7,10H2,1-4H3,(H,19,21)/t12-/m0/s1. The zero-order valence-electron chi connectivity index (χ0n) is 13.8. The Balaban J connectivity index is 2.20. The molecule has 1 amide bonds. The van der Waals surface area contributed by atoms with Gasteiger partial charge in [-0.3, -0.25) is 4.79 Å². The Morgan fingerprint density at radius 2 is 2.18 bits per heavy atom. The molecule has 0 heterocycles. The van der Waals surface area contributed by atoms with Crippen molar-refractivity contribution in [3.8, 4) is 5.75 Å². The summed E-state index contributed by atoms with van der Waals surface area (Å²) in [6.45, 7) is 4.48. The molecule has 1 atom stereocenters. The minimum atomic E-state index is -0.461. The summed E-state index contributed by atoms with van der Waals surface area (Å²) in [6, 6.07) is 4.19. The monoisotopic (exact) mass is 324 g/mol. The summed E-state index contributed by atoms with van der Waals surface area (Å²) in [4.78, 5) is 11.9. The number of amides is 1. The number of methoxy groups -OCH3 is 1. The zero-order valence-corrected chi connectivity index (χ0v) is 14.5. The molecule has 2 rings (SSSR count). The second-order valence-corrected chi connectivity index (χ2v) is 6.82. The molecule has 0 saturated heterocycles. The van der Waals surface area contributed by atoms with Crippen LogP contribution >= 0.6 is 11.6 Å². The maximum atomic E-state index is 11.9. The van der Waals surface area contributed by atoms with Crippen LogP contribution in [0.3, 0.4) is 0 Å². The van der Waals surface area contributed by atoms with Crippen LogP contribution in [0.25, 0.3) is 0 Å². The fourth-order valence-corrected chi connectivity index (χ4v) is 3.40. The molecule has 1 aromatic carbocycles. The topological polar surface area (TPSA) is 50.4 Å². The number of ether oxygens (including phenoxy) is 1. The summed E-state index contributed by atoms with van der Waals surface area (Å²) in [7, 11) is 3.30. The molecule has 5 heteroatoms. The summed E-state index contributed by atoms with van der Waals surface area (Å²) in [5.41, 5.74) is 1.94. The highest BCUT2D eigenvalue weighted by atomic mass is 35.5. The molecule has 0 unspecified atom stereocenters. The maximum absolute atomic E-state index is 11.9. The van der Waals surface area contributed by atoms with Gasteiger partial charge in [-0.15, -0.1) is 0 Å². The van der Waals surface area contributed by atoms with Crippen molar-refractivity contribution in [2.45, 2.75) is 39.2 Å². The third-order valence-corrected chi connectivity index (χ3v) is 4.76. The second kappa shape index (κ2) is 6.88. The van der Waals surface area contributed by atoms with E-state index < -0.39 is 5.41 Å². The number of hydrogen-bond acceptors (Lipinski definition) is 3. The number of carbonyl (C=O) groups excluding carboxylic acids is 1. The average Bonchev–Trinajstić information content (AvgIpc) is 2.52. The van der Waals surface area contributed by atoms with Crippen LogP contribution in [0, 0.1) is 5.41 Å². The van der Waals surface area contributed by atoms with Gasteiger partial charge >= 0.3 is 0 Å². The summed E-state index contributed by atoms with van der Waals surface area (Å²) < 4.78 is 5.34. The van der Waals surface area contributed by atoms with E-state index in [0.717, 1.165) is 24.8 Å². The van der Waals surface area contributed by atoms with Crippen LogP contribution in [0.5, 0.6) is 5.75 Å². The van der Waals surface area contributed by atoms with E-state index in [2.05, 4.69) is 16.7 Å². The van der Waals surface area contributed by atoms with Crippen LogP contribution in [-0.2, 0) is 11.2 Å². The lowest BCUT2D eigenvalue weighted by atomic mass is 9.85. The molecule has 4 nitrogen and oxygen atoms in total. The highest BCUT2D eigenvalue weighted by molar-refractivity contribution is 6.33. The molecule has 0 spiro atoms. The Kier molecular flexibility index (Phi) is 5.35. The Morgan fingerprint density at radius 1 is 1.45 bits per heavy atom. The third kappa shape index (κ3) is 3.39. The molecule has 0 aromatic heterocycles. The quantitative estimate of drug-likeness (QED) is 0.875. The summed E-state index contributed by atoms with van der Waals surface area (Å²) in [6.07, 6.45) is 3.17. The first kappa shape index (κ1) is 17.1. The van der Waals surface area contributed by atoms with E-state index in [9.17, 15) is 4.79 Å². The van der Waals surface area contributed by atoms with Crippen LogP contribution in [0.2, 0.25) is 5.02 Å². The molecule has 0 aliphatic heterocycles. The van der Waals surface area contributed by atoms with Crippen LogP contribution in [0.15, 0.2) is 12.1 Å². The van der Waals surface area contributed by atoms with Crippen molar-refractivity contribution in [2.75, 3.05) is 20.7 Å². The van der Waals surface area contributed by atoms with Crippen molar-refractivity contribution in [3.63, 3.8) is 0 Å². The minimum absolute atomic E-state index is 0.0350. The molecule has 0 radical (unpaired) electrons. The number of carbonyl (C=O) groups is 1. The molecule has 0 saturated carbocycles. The number of rotatable bonds is 5. The van der Waals surface area contributed by atoms with Gasteiger partial charge in [-0.2, -0.15) is 0 Å². The average molecular weight is 325 g/mol. The van der Waals surface area contributed by atoms with Crippen LogP contribution in [-0.4, -0.2) is 26.6 Å². The Labute approximate surface area is 137 Å². The Morgan fingerprint density at radius 3 is 2.82 bits per heavy atom. The second-order valence-electron chi connectivity index (χ2n) is 6.44. The first-order chi connectivity index (χ1) is 10.4. The summed E-state index contributed by atoms with van der Waals surface area (Å²) >= 11 is 6.52. The van der Waals surface area contributed by atoms with Crippen molar-refractivity contribution in [1.82, 2.24) is 10.6 Å². The smallest absolute Gasteiger partial charge is 0.226 e. The molecule has 122 valence electrons. The van der Waals surface area contributed by atoms with Gasteiger partial charge in [0.1, 0.15) is 5.75 Å². The van der Waals surface area contributed by atoms with Gasteiger partial charge in [-0.05, 0) is 50.3 Å². The molecule has 0 bridgehead atoms. The van der Waals surface area contributed by atoms with Gasteiger partial charge in [0.2, 0.25) is 5.91 Å². The van der Waals surface area contributed by atoms with E-state index in [1.54, 1.807) is 14.2 Å². The zero-order chi connectivity index (χ0) is 16.3. The SMILES string of the molecule is CNC(=O)C(C)(C)CN[C@H]1CCCc2ccc(OC)c(Cl)c21. The number of nitrogens with one attached hydrogen (secondary N) is 2. The minimum Gasteiger partial charge on any atom is -0.495 e. The maximum Gasteiger partial charge on any atom is 0.226 e. The van der Waals surface area contributed by atoms with Gasteiger partial charge in [0.05, 0.1) is 17.5 Å². The van der Waals surface area contributed by atoms with Crippen molar-refractivity contribution in [2.24, 2.45) is 5.41 Å². The van der Waals surface area contributed by atoms with Gasteiger partial charge in [-0.1, -0.05) is 17.7 Å². The van der Waals surface area contributed by atoms with E-state index in [-0.39, 0.29) is 11.9 Å². The molecular formula is C17H25ClN2O2. The summed E-state index contributed by atoms with van der Waals surface area (Å²) in [5.74, 6) is 0.743. The number of fused-ring (bicyclic) bond motifs is 1. The van der Waals surface area contributed by atoms with E-state index in [1.165, 1.54) is 5.56 Å². The number of hydrogen-bond donors (Lipinski definition) is 2. The lowest BCUT2D eigenvalue weighted by molar-refractivity contribution is -0.128. The van der Waals surface area contributed by atoms with Gasteiger partial charge in [0.15, 0.2) is 0 Å². The summed E-state index contributed by atoms with van der Waals surface area (Å²) in [5, 5.41) is 6.93. The van der Waals surface area contributed by atoms with Crippen molar-refractivity contribution < 1.29 is 9.53 Å². The molecule has 0 fully saturated rings. The van der Waals surface area contributed by atoms with E-state index in [1.807, 2.05) is 19.9 Å². The first-order valence-electron chi connectivity index (χ1n) is 7.71. The third-order valence-electron chi connectivity index (χ3n) is 4.37. The predicted molar refractivity (Wildman–Crippen MR) is 89.5 cm³/mol. The molecule has 1 aromatic rings. The Bertz CT molecular complexity index is 558. The largest absolute Gasteiger partial charge is 0.495 e. The lowest BCUT2D eigenvalue weighted by Crippen LogP contribution is -2.43. The van der Waals surface area contributed by atoms with E-state index in [4.69, 9.17) is 16.3 Å². The first-order valence-corrected chi connectivity index (χ1v) is 8.09. The fourth-order valence-electron chi connectivity index (χ4n) is 3.01. The van der Waals surface area contributed by atoms with Crippen molar-refractivity contribution in [1.29, 1.82) is 0 Å². The highest BCUT2D eigenvalue weighted by Gasteiger charge is 2.30. The lowest BCUT2D eigenvalue weighted by Gasteiger charge is -2.31. The van der Waals surface area contributed by atoms with Gasteiger partial charge in [0.25, 0.3) is 0 Å². The molecule has 1 aliphatic carbocycles. The van der Waals surface area contributed by atoms with Gasteiger partial charge < -0.3 is 15.4 Å². The Hall–Kier alpha value is -1.26. The van der Waals surface area contributed by atoms with Crippen LogP contribution in [0.4, 0.5) is 0 Å². The van der Waals surface area contributed by atoms with Crippen molar-refractivity contribution >= 4 is 17.5 Å². The fraction of sp³-hybridized carbons (Fsp3) is 0.588. The van der Waals surface area contributed by atoms with Crippen LogP contribution < -0.4 is 15.4 Å². The van der Waals surface area contributed by atoms with Gasteiger partial charge in [-0.25, -0.2) is 0 Å². The molecular weight excluding hydrogens is 300 g/mol. The predicted octanol–water partition coefficient (Wildman–Crippen LogP) is 3.09. The van der Waals surface area contributed by atoms with Gasteiger partial charge in [0, 0.05) is 19.6 Å². The van der Waals surface area contributed by atoms with Crippen molar-refractivity contribution in [3.05, 3.63) is 28.3 Å². The van der Waals surface area contributed by atoms with E-state index >= 15 is 0 Å². The normalized spacial score (nSPS) is 17.8. The number of aryl methyl sites for hydroxylation is 1. The molecule has 1 aliphatic rings. The van der Waals surface area contributed by atoms with E-state index in [0.29, 0.717) is 17.3 Å². The molecule has 22 heavy (non-hydrogen) atoms. The number of halogens is 1. The molecule has 2 N–H and O–H groups in total. The highest BCUT2D eigenvalue weighted by Crippen LogP contribution is 2.40.